The Bertz CT molecular complexity index is 733. The van der Waals surface area contributed by atoms with Crippen molar-refractivity contribution in [1.29, 1.82) is 0 Å². The lowest BCUT2D eigenvalue weighted by Gasteiger charge is -2.12. The molecule has 134 valence electrons. The van der Waals surface area contributed by atoms with Gasteiger partial charge in [-0.05, 0) is 25.8 Å². The molecule has 1 aromatic carbocycles. The number of hydrogen-bond acceptors (Lipinski definition) is 7. The van der Waals surface area contributed by atoms with Crippen LogP contribution in [0, 0.1) is 6.92 Å². The van der Waals surface area contributed by atoms with Gasteiger partial charge in [-0.1, -0.05) is 42.5 Å². The van der Waals surface area contributed by atoms with Gasteiger partial charge < -0.3 is 4.74 Å². The number of benzene rings is 1. The van der Waals surface area contributed by atoms with Gasteiger partial charge in [-0.15, -0.1) is 22.0 Å². The van der Waals surface area contributed by atoms with Gasteiger partial charge in [-0.25, -0.2) is 0 Å². The number of carbonyl (C=O) groups excluding carboxylic acids is 2. The van der Waals surface area contributed by atoms with Crippen molar-refractivity contribution in [2.45, 2.75) is 32.4 Å². The molecule has 25 heavy (non-hydrogen) atoms. The third-order valence-corrected chi connectivity index (χ3v) is 5.63. The first-order valence-corrected chi connectivity index (χ1v) is 9.89. The van der Waals surface area contributed by atoms with Crippen LogP contribution in [-0.2, 0) is 14.3 Å². The molecule has 1 aromatic heterocycles. The van der Waals surface area contributed by atoms with Crippen LogP contribution in [0.4, 0.5) is 5.13 Å². The molecule has 2 aromatic rings. The Hall–Kier alpha value is -1.93. The van der Waals surface area contributed by atoms with Crippen LogP contribution in [-0.4, -0.2) is 39.7 Å². The van der Waals surface area contributed by atoms with E-state index in [2.05, 4.69) is 15.5 Å². The fraction of sp³-hybridized carbons (Fsp3) is 0.412. The average Bonchev–Trinajstić information content (AvgIpc) is 3.04. The van der Waals surface area contributed by atoms with Gasteiger partial charge in [0.2, 0.25) is 11.0 Å². The molecular formula is C17H21N3O3S2. The third kappa shape index (κ3) is 5.54. The highest BCUT2D eigenvalue weighted by Crippen LogP contribution is 2.29. The summed E-state index contributed by atoms with van der Waals surface area (Å²) in [7, 11) is 0. The van der Waals surface area contributed by atoms with E-state index < -0.39 is 0 Å². The molecule has 1 heterocycles. The van der Waals surface area contributed by atoms with Crippen molar-refractivity contribution in [3.05, 3.63) is 29.8 Å². The summed E-state index contributed by atoms with van der Waals surface area (Å²) in [6, 6.07) is 7.90. The highest BCUT2D eigenvalue weighted by atomic mass is 32.2. The molecule has 0 aliphatic rings. The number of aromatic nitrogens is 2. The van der Waals surface area contributed by atoms with Crippen LogP contribution >= 0.6 is 23.1 Å². The summed E-state index contributed by atoms with van der Waals surface area (Å²) in [4.78, 5) is 23.8. The van der Waals surface area contributed by atoms with E-state index >= 15 is 0 Å². The first-order valence-electron chi connectivity index (χ1n) is 8.02. The van der Waals surface area contributed by atoms with E-state index in [1.807, 2.05) is 38.1 Å². The Kier molecular flexibility index (Phi) is 7.39. The summed E-state index contributed by atoms with van der Waals surface area (Å²) < 4.78 is 4.89. The van der Waals surface area contributed by atoms with Gasteiger partial charge in [0.25, 0.3) is 0 Å². The third-order valence-electron chi connectivity index (χ3n) is 3.40. The molecule has 2 rings (SSSR count). The van der Waals surface area contributed by atoms with Crippen molar-refractivity contribution >= 4 is 40.1 Å². The SMILES string of the molecule is CCOC(=O)CS[C@H](CC)C(=O)Nc1nnc(-c2ccccc2C)s1. The summed E-state index contributed by atoms with van der Waals surface area (Å²) in [5.74, 6) is -0.328. The van der Waals surface area contributed by atoms with Crippen LogP contribution in [0.1, 0.15) is 25.8 Å². The van der Waals surface area contributed by atoms with Crippen molar-refractivity contribution in [2.24, 2.45) is 0 Å². The summed E-state index contributed by atoms with van der Waals surface area (Å²) in [5, 5.41) is 11.9. The number of ether oxygens (including phenoxy) is 1. The van der Waals surface area contributed by atoms with E-state index in [-0.39, 0.29) is 22.9 Å². The number of anilines is 1. The largest absolute Gasteiger partial charge is 0.465 e. The lowest BCUT2D eigenvalue weighted by molar-refractivity contribution is -0.139. The Labute approximate surface area is 155 Å². The Morgan fingerprint density at radius 3 is 2.72 bits per heavy atom. The van der Waals surface area contributed by atoms with E-state index in [4.69, 9.17) is 4.74 Å². The first kappa shape index (κ1) is 19.4. The number of amides is 1. The van der Waals surface area contributed by atoms with E-state index in [9.17, 15) is 9.59 Å². The fourth-order valence-corrected chi connectivity index (χ4v) is 3.84. The van der Waals surface area contributed by atoms with Crippen LogP contribution in [0.15, 0.2) is 24.3 Å². The second-order valence-corrected chi connectivity index (χ2v) is 7.40. The molecule has 0 saturated carbocycles. The highest BCUT2D eigenvalue weighted by molar-refractivity contribution is 8.01. The maximum atomic E-state index is 12.4. The van der Waals surface area contributed by atoms with Crippen LogP contribution in [0.3, 0.4) is 0 Å². The standard InChI is InChI=1S/C17H21N3O3S2/c1-4-13(24-10-14(21)23-5-2)15(22)18-17-20-19-16(25-17)12-9-7-6-8-11(12)3/h6-9,13H,4-5,10H2,1-3H3,(H,18,20,22)/t13-/m1/s1. The summed E-state index contributed by atoms with van der Waals surface area (Å²) in [5.41, 5.74) is 2.11. The van der Waals surface area contributed by atoms with Crippen LogP contribution < -0.4 is 5.32 Å². The number of carbonyl (C=O) groups is 2. The molecule has 0 aliphatic heterocycles. The van der Waals surface area contributed by atoms with Gasteiger partial charge >= 0.3 is 5.97 Å². The molecule has 6 nitrogen and oxygen atoms in total. The minimum absolute atomic E-state index is 0.157. The van der Waals surface area contributed by atoms with Crippen molar-refractivity contribution in [2.75, 3.05) is 17.7 Å². The van der Waals surface area contributed by atoms with Gasteiger partial charge in [0.05, 0.1) is 17.6 Å². The van der Waals surface area contributed by atoms with E-state index in [0.29, 0.717) is 18.2 Å². The lowest BCUT2D eigenvalue weighted by atomic mass is 10.1. The van der Waals surface area contributed by atoms with E-state index in [1.54, 1.807) is 6.92 Å². The average molecular weight is 380 g/mol. The van der Waals surface area contributed by atoms with E-state index in [1.165, 1.54) is 23.1 Å². The van der Waals surface area contributed by atoms with Gasteiger partial charge in [-0.3, -0.25) is 14.9 Å². The topological polar surface area (TPSA) is 81.2 Å². The van der Waals surface area contributed by atoms with Crippen LogP contribution in [0.25, 0.3) is 10.6 Å². The quantitative estimate of drug-likeness (QED) is 0.707. The smallest absolute Gasteiger partial charge is 0.315 e. The van der Waals surface area contributed by atoms with Gasteiger partial charge in [0, 0.05) is 5.56 Å². The molecule has 0 radical (unpaired) electrons. The number of hydrogen-bond donors (Lipinski definition) is 1. The predicted octanol–water partition coefficient (Wildman–Crippen LogP) is 3.53. The molecule has 0 fully saturated rings. The first-order chi connectivity index (χ1) is 12.0. The van der Waals surface area contributed by atoms with Gasteiger partial charge in [-0.2, -0.15) is 0 Å². The molecule has 1 atom stereocenters. The molecule has 1 amide bonds. The molecular weight excluding hydrogens is 358 g/mol. The highest BCUT2D eigenvalue weighted by Gasteiger charge is 2.20. The number of esters is 1. The number of aryl methyl sites for hydroxylation is 1. The number of thioether (sulfide) groups is 1. The zero-order chi connectivity index (χ0) is 18.2. The maximum Gasteiger partial charge on any atom is 0.315 e. The monoisotopic (exact) mass is 379 g/mol. The number of rotatable bonds is 8. The van der Waals surface area contributed by atoms with Crippen molar-refractivity contribution < 1.29 is 14.3 Å². The van der Waals surface area contributed by atoms with Crippen molar-refractivity contribution in [3.63, 3.8) is 0 Å². The minimum Gasteiger partial charge on any atom is -0.465 e. The number of nitrogens with zero attached hydrogens (tertiary/aromatic N) is 2. The van der Waals surface area contributed by atoms with Crippen molar-refractivity contribution in [1.82, 2.24) is 10.2 Å². The normalized spacial score (nSPS) is 11.8. The zero-order valence-corrected chi connectivity index (χ0v) is 16.1. The molecule has 0 unspecified atom stereocenters. The lowest BCUT2D eigenvalue weighted by Crippen LogP contribution is -2.26. The maximum absolute atomic E-state index is 12.4. The summed E-state index contributed by atoms with van der Waals surface area (Å²) >= 11 is 2.61. The second kappa shape index (κ2) is 9.53. The Balaban J connectivity index is 1.98. The molecule has 0 spiro atoms. The Morgan fingerprint density at radius 1 is 1.28 bits per heavy atom. The van der Waals surface area contributed by atoms with E-state index in [0.717, 1.165) is 16.1 Å². The van der Waals surface area contributed by atoms with Gasteiger partial charge in [0.15, 0.2) is 0 Å². The Morgan fingerprint density at radius 2 is 2.04 bits per heavy atom. The van der Waals surface area contributed by atoms with Crippen molar-refractivity contribution in [3.8, 4) is 10.6 Å². The van der Waals surface area contributed by atoms with Gasteiger partial charge in [0.1, 0.15) is 5.01 Å². The molecule has 0 bridgehead atoms. The van der Waals surface area contributed by atoms with Crippen LogP contribution in [0.2, 0.25) is 0 Å². The predicted molar refractivity (Wildman–Crippen MR) is 102 cm³/mol. The molecule has 0 aliphatic carbocycles. The zero-order valence-electron chi connectivity index (χ0n) is 14.4. The second-order valence-electron chi connectivity index (χ2n) is 5.23. The molecule has 1 N–H and O–H groups in total. The number of nitrogens with one attached hydrogen (secondary N) is 1. The fourth-order valence-electron chi connectivity index (χ4n) is 2.13. The molecule has 8 heteroatoms. The van der Waals surface area contributed by atoms with Crippen LogP contribution in [0.5, 0.6) is 0 Å². The molecule has 0 saturated heterocycles. The summed E-state index contributed by atoms with van der Waals surface area (Å²) in [6.45, 7) is 6.01. The summed E-state index contributed by atoms with van der Waals surface area (Å²) in [6.07, 6.45) is 0.610. The minimum atomic E-state index is -0.338.